The third-order valence-electron chi connectivity index (χ3n) is 5.24. The second kappa shape index (κ2) is 8.02. The van der Waals surface area contributed by atoms with Gasteiger partial charge < -0.3 is 9.88 Å². The number of rotatable bonds is 4. The monoisotopic (exact) mass is 412 g/mol. The molecule has 1 amide bonds. The fraction of sp³-hybridized carbons (Fsp3) is 0.273. The molecule has 0 spiro atoms. The topological polar surface area (TPSA) is 51.1 Å². The van der Waals surface area contributed by atoms with Crippen LogP contribution in [-0.4, -0.2) is 16.2 Å². The van der Waals surface area contributed by atoms with Gasteiger partial charge in [0.1, 0.15) is 0 Å². The summed E-state index contributed by atoms with van der Waals surface area (Å²) in [5.41, 5.74) is 3.20. The molecule has 1 atom stereocenters. The Kier molecular flexibility index (Phi) is 5.47. The Balaban J connectivity index is 1.50. The molecule has 28 heavy (non-hydrogen) atoms. The Morgan fingerprint density at radius 3 is 2.93 bits per heavy atom. The summed E-state index contributed by atoms with van der Waals surface area (Å²) >= 11 is 7.47. The number of nitrogens with zero attached hydrogens (tertiary/aromatic N) is 1. The van der Waals surface area contributed by atoms with Crippen molar-refractivity contribution >= 4 is 40.2 Å². The van der Waals surface area contributed by atoms with Crippen LogP contribution in [0.4, 0.5) is 0 Å². The zero-order valence-corrected chi connectivity index (χ0v) is 17.1. The lowest BCUT2D eigenvalue weighted by Gasteiger charge is -2.26. The van der Waals surface area contributed by atoms with Gasteiger partial charge in [0.25, 0.3) is 5.56 Å². The Morgan fingerprint density at radius 2 is 2.07 bits per heavy atom. The Hall–Kier alpha value is -2.24. The van der Waals surface area contributed by atoms with Crippen molar-refractivity contribution in [1.29, 1.82) is 0 Å². The molecule has 1 N–H and O–H groups in total. The van der Waals surface area contributed by atoms with Crippen molar-refractivity contribution in [3.63, 3.8) is 0 Å². The Labute approximate surface area is 172 Å². The van der Waals surface area contributed by atoms with E-state index in [1.54, 1.807) is 29.8 Å². The van der Waals surface area contributed by atoms with E-state index in [4.69, 9.17) is 11.6 Å². The zero-order valence-electron chi connectivity index (χ0n) is 15.6. The Bertz CT molecular complexity index is 1110. The molecule has 1 heterocycles. The standard InChI is InChI=1S/C22H21ClN2O2S/c1-25-19-11-15(23)9-10-17(19)20(12-22(25)27)28-13-21(26)24-18-8-4-6-14-5-2-3-7-16(14)18/h2-3,5,7,9-12,18H,4,6,8,13H2,1H3,(H,24,26)/t18-/m1/s1. The quantitative estimate of drug-likeness (QED) is 0.643. The summed E-state index contributed by atoms with van der Waals surface area (Å²) in [6.07, 6.45) is 3.11. The third-order valence-corrected chi connectivity index (χ3v) is 6.53. The summed E-state index contributed by atoms with van der Waals surface area (Å²) < 4.78 is 1.57. The van der Waals surface area contributed by atoms with Crippen molar-refractivity contribution in [2.45, 2.75) is 30.2 Å². The summed E-state index contributed by atoms with van der Waals surface area (Å²) in [6, 6.07) is 15.4. The average molecular weight is 413 g/mol. The van der Waals surface area contributed by atoms with Gasteiger partial charge in [0.15, 0.2) is 0 Å². The van der Waals surface area contributed by atoms with E-state index in [9.17, 15) is 9.59 Å². The number of hydrogen-bond acceptors (Lipinski definition) is 3. The minimum atomic E-state index is -0.112. The number of amides is 1. The molecule has 0 unspecified atom stereocenters. The van der Waals surface area contributed by atoms with E-state index < -0.39 is 0 Å². The number of nitrogens with one attached hydrogen (secondary N) is 1. The number of aromatic nitrogens is 1. The molecule has 4 nitrogen and oxygen atoms in total. The van der Waals surface area contributed by atoms with Gasteiger partial charge >= 0.3 is 0 Å². The van der Waals surface area contributed by atoms with Crippen LogP contribution in [-0.2, 0) is 18.3 Å². The predicted octanol–water partition coefficient (Wildman–Crippen LogP) is 4.48. The number of aryl methyl sites for hydroxylation is 2. The third kappa shape index (κ3) is 3.82. The molecule has 0 saturated carbocycles. The van der Waals surface area contributed by atoms with Gasteiger partial charge in [0.05, 0.1) is 17.3 Å². The Morgan fingerprint density at radius 1 is 1.25 bits per heavy atom. The van der Waals surface area contributed by atoms with Gasteiger partial charge in [-0.3, -0.25) is 9.59 Å². The average Bonchev–Trinajstić information content (AvgIpc) is 2.70. The number of benzene rings is 2. The molecular weight excluding hydrogens is 392 g/mol. The predicted molar refractivity (Wildman–Crippen MR) is 115 cm³/mol. The summed E-state index contributed by atoms with van der Waals surface area (Å²) in [5.74, 6) is 0.248. The first-order valence-corrected chi connectivity index (χ1v) is 10.7. The van der Waals surface area contributed by atoms with Crippen molar-refractivity contribution in [1.82, 2.24) is 9.88 Å². The van der Waals surface area contributed by atoms with Crippen LogP contribution < -0.4 is 10.9 Å². The van der Waals surface area contributed by atoms with Gasteiger partial charge in [-0.15, -0.1) is 11.8 Å². The lowest BCUT2D eigenvalue weighted by molar-refractivity contribution is -0.119. The summed E-state index contributed by atoms with van der Waals surface area (Å²) in [6.45, 7) is 0. The van der Waals surface area contributed by atoms with Crippen molar-refractivity contribution in [3.8, 4) is 0 Å². The highest BCUT2D eigenvalue weighted by Gasteiger charge is 2.21. The number of pyridine rings is 1. The fourth-order valence-electron chi connectivity index (χ4n) is 3.80. The lowest BCUT2D eigenvalue weighted by Crippen LogP contribution is -2.32. The maximum Gasteiger partial charge on any atom is 0.251 e. The molecule has 4 rings (SSSR count). The number of hydrogen-bond donors (Lipinski definition) is 1. The van der Waals surface area contributed by atoms with Crippen LogP contribution in [0.5, 0.6) is 0 Å². The van der Waals surface area contributed by atoms with Crippen molar-refractivity contribution in [2.24, 2.45) is 7.05 Å². The van der Waals surface area contributed by atoms with Crippen molar-refractivity contribution in [2.75, 3.05) is 5.75 Å². The van der Waals surface area contributed by atoms with E-state index in [1.807, 2.05) is 18.2 Å². The molecule has 0 bridgehead atoms. The minimum Gasteiger partial charge on any atom is -0.349 e. The lowest BCUT2D eigenvalue weighted by atomic mass is 9.88. The number of thioether (sulfide) groups is 1. The van der Waals surface area contributed by atoms with E-state index in [0.717, 1.165) is 35.1 Å². The van der Waals surface area contributed by atoms with Crippen molar-refractivity contribution in [3.05, 3.63) is 75.0 Å². The summed E-state index contributed by atoms with van der Waals surface area (Å²) in [4.78, 5) is 25.7. The molecule has 0 radical (unpaired) electrons. The van der Waals surface area contributed by atoms with Gasteiger partial charge in [0, 0.05) is 28.4 Å². The SMILES string of the molecule is Cn1c(=O)cc(SCC(=O)N[C@@H]2CCCc3ccccc32)c2ccc(Cl)cc21. The number of fused-ring (bicyclic) bond motifs is 2. The second-order valence-corrected chi connectivity index (χ2v) is 8.52. The maximum absolute atomic E-state index is 12.6. The summed E-state index contributed by atoms with van der Waals surface area (Å²) in [5, 5.41) is 4.67. The molecule has 3 aromatic rings. The molecule has 1 aliphatic rings. The van der Waals surface area contributed by atoms with Gasteiger partial charge in [-0.05, 0) is 42.5 Å². The smallest absolute Gasteiger partial charge is 0.251 e. The molecule has 144 valence electrons. The maximum atomic E-state index is 12.6. The zero-order chi connectivity index (χ0) is 19.7. The first kappa shape index (κ1) is 19.1. The van der Waals surface area contributed by atoms with E-state index in [2.05, 4.69) is 17.4 Å². The van der Waals surface area contributed by atoms with Crippen LogP contribution in [0.3, 0.4) is 0 Å². The molecule has 1 aromatic heterocycles. The number of halogens is 1. The molecule has 1 aliphatic carbocycles. The van der Waals surface area contributed by atoms with Crippen LogP contribution >= 0.6 is 23.4 Å². The van der Waals surface area contributed by atoms with Crippen LogP contribution in [0.1, 0.15) is 30.0 Å². The first-order chi connectivity index (χ1) is 13.5. The highest BCUT2D eigenvalue weighted by Crippen LogP contribution is 2.31. The molecule has 0 aliphatic heterocycles. The normalized spacial score (nSPS) is 16.0. The van der Waals surface area contributed by atoms with Gasteiger partial charge in [-0.25, -0.2) is 0 Å². The highest BCUT2D eigenvalue weighted by atomic mass is 35.5. The van der Waals surface area contributed by atoms with E-state index in [1.165, 1.54) is 22.9 Å². The molecule has 0 saturated heterocycles. The van der Waals surface area contributed by atoms with Crippen LogP contribution in [0, 0.1) is 0 Å². The molecular formula is C22H21ClN2O2S. The summed E-state index contributed by atoms with van der Waals surface area (Å²) in [7, 11) is 1.72. The van der Waals surface area contributed by atoms with Crippen LogP contribution in [0.15, 0.2) is 58.2 Å². The highest BCUT2D eigenvalue weighted by molar-refractivity contribution is 8.00. The van der Waals surface area contributed by atoms with Crippen LogP contribution in [0.25, 0.3) is 10.9 Å². The molecule has 2 aromatic carbocycles. The van der Waals surface area contributed by atoms with E-state index >= 15 is 0 Å². The first-order valence-electron chi connectivity index (χ1n) is 9.32. The second-order valence-electron chi connectivity index (χ2n) is 7.07. The molecule has 6 heteroatoms. The van der Waals surface area contributed by atoms with Crippen molar-refractivity contribution < 1.29 is 4.79 Å². The minimum absolute atomic E-state index is 0.0190. The molecule has 0 fully saturated rings. The largest absolute Gasteiger partial charge is 0.349 e. The van der Waals surface area contributed by atoms with Gasteiger partial charge in [0.2, 0.25) is 5.91 Å². The van der Waals surface area contributed by atoms with Gasteiger partial charge in [-0.2, -0.15) is 0 Å². The van der Waals surface area contributed by atoms with Gasteiger partial charge in [-0.1, -0.05) is 41.9 Å². The number of carbonyl (C=O) groups is 1. The van der Waals surface area contributed by atoms with E-state index in [-0.39, 0.29) is 23.3 Å². The number of carbonyl (C=O) groups excluding carboxylic acids is 1. The fourth-order valence-corrected chi connectivity index (χ4v) is 4.85. The van der Waals surface area contributed by atoms with Crippen LogP contribution in [0.2, 0.25) is 5.02 Å². The van der Waals surface area contributed by atoms with E-state index in [0.29, 0.717) is 5.02 Å².